The van der Waals surface area contributed by atoms with Gasteiger partial charge in [-0.3, -0.25) is 14.5 Å². The molecule has 0 spiro atoms. The largest absolute Gasteiger partial charge is 0.342 e. The van der Waals surface area contributed by atoms with Crippen molar-refractivity contribution in [1.82, 2.24) is 15.1 Å². The molecule has 0 aromatic carbocycles. The Morgan fingerprint density at radius 3 is 2.08 bits per heavy atom. The number of urea groups is 2. The van der Waals surface area contributed by atoms with E-state index in [9.17, 15) is 19.2 Å². The van der Waals surface area contributed by atoms with Crippen LogP contribution in [-0.2, 0) is 9.59 Å². The van der Waals surface area contributed by atoms with Gasteiger partial charge in [0.1, 0.15) is 0 Å². The van der Waals surface area contributed by atoms with Crippen molar-refractivity contribution >= 4 is 23.9 Å². The molecule has 7 nitrogen and oxygen atoms in total. The van der Waals surface area contributed by atoms with Crippen LogP contribution in [0.25, 0.3) is 0 Å². The first-order valence-electron chi connectivity index (χ1n) is 3.38. The maximum Gasteiger partial charge on any atom is 0.342 e. The van der Waals surface area contributed by atoms with E-state index in [1.165, 1.54) is 7.05 Å². The van der Waals surface area contributed by atoms with Crippen LogP contribution in [0.2, 0.25) is 0 Å². The summed E-state index contributed by atoms with van der Waals surface area (Å²) in [5.41, 5.74) is 0. The third-order valence-electron chi connectivity index (χ3n) is 1.59. The molecule has 1 N–H and O–H groups in total. The van der Waals surface area contributed by atoms with Crippen molar-refractivity contribution in [3.63, 3.8) is 0 Å². The topological polar surface area (TPSA) is 86.8 Å². The molecule has 13 heavy (non-hydrogen) atoms. The van der Waals surface area contributed by atoms with Gasteiger partial charge in [-0.15, -0.1) is 0 Å². The van der Waals surface area contributed by atoms with Gasteiger partial charge in [0.05, 0.1) is 0 Å². The van der Waals surface area contributed by atoms with E-state index in [-0.39, 0.29) is 4.90 Å². The van der Waals surface area contributed by atoms with Crippen LogP contribution in [0, 0.1) is 0 Å². The highest BCUT2D eigenvalue weighted by Gasteiger charge is 2.45. The lowest BCUT2D eigenvalue weighted by atomic mass is 10.5. The van der Waals surface area contributed by atoms with Gasteiger partial charge >= 0.3 is 23.9 Å². The summed E-state index contributed by atoms with van der Waals surface area (Å²) in [6.45, 7) is 0. The fourth-order valence-corrected chi connectivity index (χ4v) is 0.854. The van der Waals surface area contributed by atoms with Gasteiger partial charge in [-0.05, 0) is 0 Å². The normalized spacial score (nSPS) is 16.9. The second-order valence-corrected chi connectivity index (χ2v) is 2.34. The summed E-state index contributed by atoms with van der Waals surface area (Å²) in [6.07, 6.45) is 0. The molecule has 1 heterocycles. The fraction of sp³-hybridized carbons (Fsp3) is 0.333. The first kappa shape index (κ1) is 9.17. The van der Waals surface area contributed by atoms with Crippen LogP contribution in [0.4, 0.5) is 9.59 Å². The molecule has 0 unspecified atom stereocenters. The van der Waals surface area contributed by atoms with Crippen LogP contribution in [0.15, 0.2) is 0 Å². The summed E-state index contributed by atoms with van der Waals surface area (Å²) in [5.74, 6) is -2.14. The van der Waals surface area contributed by atoms with Gasteiger partial charge < -0.3 is 5.32 Å². The molecule has 70 valence electrons. The van der Waals surface area contributed by atoms with Gasteiger partial charge in [-0.2, -0.15) is 4.90 Å². The van der Waals surface area contributed by atoms with Crippen LogP contribution in [0.1, 0.15) is 0 Å². The van der Waals surface area contributed by atoms with E-state index in [2.05, 4.69) is 5.32 Å². The van der Waals surface area contributed by atoms with Crippen molar-refractivity contribution in [3.8, 4) is 0 Å². The summed E-state index contributed by atoms with van der Waals surface area (Å²) >= 11 is 0. The Morgan fingerprint density at radius 2 is 1.77 bits per heavy atom. The number of rotatable bonds is 0. The summed E-state index contributed by atoms with van der Waals surface area (Å²) in [4.78, 5) is 44.7. The predicted molar refractivity (Wildman–Crippen MR) is 39.5 cm³/mol. The third kappa shape index (κ3) is 1.13. The molecule has 0 aromatic rings. The molecule has 1 rings (SSSR count). The minimum absolute atomic E-state index is 0.252. The number of imide groups is 4. The summed E-state index contributed by atoms with van der Waals surface area (Å²) in [6, 6.07) is -1.85. The smallest absolute Gasteiger partial charge is 0.340 e. The molecule has 7 heteroatoms. The maximum absolute atomic E-state index is 11.1. The lowest BCUT2D eigenvalue weighted by Crippen LogP contribution is -2.42. The molecule has 1 aliphatic rings. The SMILES string of the molecule is CNC(=O)N1C(=O)C(=O)N(C)C1=O. The molecule has 1 fully saturated rings. The molecular formula is C6H7N3O4. The van der Waals surface area contributed by atoms with Gasteiger partial charge in [0.15, 0.2) is 0 Å². The highest BCUT2D eigenvalue weighted by atomic mass is 16.2. The fourth-order valence-electron chi connectivity index (χ4n) is 0.854. The molecule has 0 atom stereocenters. The molecule has 0 saturated carbocycles. The third-order valence-corrected chi connectivity index (χ3v) is 1.59. The van der Waals surface area contributed by atoms with Crippen LogP contribution in [0.5, 0.6) is 0 Å². The van der Waals surface area contributed by atoms with Gasteiger partial charge in [-0.25, -0.2) is 9.59 Å². The standard InChI is InChI=1S/C6H7N3O4/c1-7-5(12)9-4(11)3(10)8(2)6(9)13/h1-2H3,(H,7,12). The summed E-state index contributed by atoms with van der Waals surface area (Å²) in [5, 5.41) is 2.08. The van der Waals surface area contributed by atoms with E-state index < -0.39 is 23.9 Å². The minimum Gasteiger partial charge on any atom is -0.340 e. The molecule has 0 aromatic heterocycles. The Labute approximate surface area is 73.3 Å². The average Bonchev–Trinajstić information content (AvgIpc) is 2.30. The monoisotopic (exact) mass is 185 g/mol. The highest BCUT2D eigenvalue weighted by molar-refractivity contribution is 6.47. The van der Waals surface area contributed by atoms with E-state index in [0.717, 1.165) is 7.05 Å². The Hall–Kier alpha value is -1.92. The lowest BCUT2D eigenvalue weighted by molar-refractivity contribution is -0.141. The zero-order valence-corrected chi connectivity index (χ0v) is 7.03. The number of carbonyl (C=O) groups excluding carboxylic acids is 4. The number of hydrogen-bond donors (Lipinski definition) is 1. The van der Waals surface area contributed by atoms with Gasteiger partial charge in [0, 0.05) is 14.1 Å². The number of nitrogens with one attached hydrogen (secondary N) is 1. The Balaban J connectivity index is 3.01. The minimum atomic E-state index is -1.13. The van der Waals surface area contributed by atoms with Crippen molar-refractivity contribution in [2.24, 2.45) is 0 Å². The number of amides is 6. The summed E-state index contributed by atoms with van der Waals surface area (Å²) < 4.78 is 0. The molecule has 0 aliphatic carbocycles. The molecule has 0 bridgehead atoms. The number of carbonyl (C=O) groups is 4. The van der Waals surface area contributed by atoms with Crippen LogP contribution in [-0.4, -0.2) is 47.8 Å². The molecule has 0 radical (unpaired) electrons. The van der Waals surface area contributed by atoms with Gasteiger partial charge in [-0.1, -0.05) is 0 Å². The number of likely N-dealkylation sites (N-methyl/N-ethyl adjacent to an activating group) is 1. The Kier molecular flexibility index (Phi) is 2.01. The first-order valence-corrected chi connectivity index (χ1v) is 3.38. The highest BCUT2D eigenvalue weighted by Crippen LogP contribution is 2.08. The Bertz CT molecular complexity index is 311. The lowest BCUT2D eigenvalue weighted by Gasteiger charge is -2.09. The Morgan fingerprint density at radius 1 is 1.23 bits per heavy atom. The van der Waals surface area contributed by atoms with E-state index in [4.69, 9.17) is 0 Å². The average molecular weight is 185 g/mol. The van der Waals surface area contributed by atoms with Crippen LogP contribution in [0.3, 0.4) is 0 Å². The van der Waals surface area contributed by atoms with E-state index in [0.29, 0.717) is 4.90 Å². The van der Waals surface area contributed by atoms with Crippen molar-refractivity contribution in [2.75, 3.05) is 14.1 Å². The zero-order valence-electron chi connectivity index (χ0n) is 7.03. The predicted octanol–water partition coefficient (Wildman–Crippen LogP) is -1.25. The van der Waals surface area contributed by atoms with Crippen molar-refractivity contribution < 1.29 is 19.2 Å². The molecule has 1 aliphatic heterocycles. The first-order chi connectivity index (χ1) is 6.00. The second kappa shape index (κ2) is 2.85. The van der Waals surface area contributed by atoms with Gasteiger partial charge in [0.25, 0.3) is 0 Å². The second-order valence-electron chi connectivity index (χ2n) is 2.34. The van der Waals surface area contributed by atoms with Crippen molar-refractivity contribution in [1.29, 1.82) is 0 Å². The molecule has 1 saturated heterocycles. The summed E-state index contributed by atoms with van der Waals surface area (Å²) in [7, 11) is 2.39. The van der Waals surface area contributed by atoms with Gasteiger partial charge in [0.2, 0.25) is 0 Å². The molecular weight excluding hydrogens is 178 g/mol. The molecule has 6 amide bonds. The zero-order chi connectivity index (χ0) is 10.2. The van der Waals surface area contributed by atoms with E-state index in [1.54, 1.807) is 0 Å². The number of nitrogens with zero attached hydrogens (tertiary/aromatic N) is 2. The van der Waals surface area contributed by atoms with E-state index in [1.807, 2.05) is 0 Å². The van der Waals surface area contributed by atoms with Crippen molar-refractivity contribution in [2.45, 2.75) is 0 Å². The van der Waals surface area contributed by atoms with Crippen molar-refractivity contribution in [3.05, 3.63) is 0 Å². The van der Waals surface area contributed by atoms with Crippen LogP contribution < -0.4 is 5.32 Å². The maximum atomic E-state index is 11.1. The quantitative estimate of drug-likeness (QED) is 0.377. The van der Waals surface area contributed by atoms with E-state index >= 15 is 0 Å². The van der Waals surface area contributed by atoms with Crippen LogP contribution >= 0.6 is 0 Å². The number of hydrogen-bond acceptors (Lipinski definition) is 4.